The van der Waals surface area contributed by atoms with Crippen LogP contribution in [0.1, 0.15) is 38.8 Å². The van der Waals surface area contributed by atoms with E-state index in [1.165, 1.54) is 12.1 Å². The summed E-state index contributed by atoms with van der Waals surface area (Å²) in [5.41, 5.74) is 0.678. The maximum Gasteiger partial charge on any atom is 0.304 e. The first-order chi connectivity index (χ1) is 8.82. The number of aromatic hydroxyl groups is 2. The molecule has 0 heterocycles. The second-order valence-electron chi connectivity index (χ2n) is 4.89. The molecular formula is C14H21NO4. The molecule has 0 aliphatic rings. The van der Waals surface area contributed by atoms with E-state index in [0.29, 0.717) is 12.1 Å². The highest BCUT2D eigenvalue weighted by Crippen LogP contribution is 2.32. The minimum atomic E-state index is -0.840. The van der Waals surface area contributed by atoms with Crippen LogP contribution in [0.15, 0.2) is 18.2 Å². The van der Waals surface area contributed by atoms with Crippen LogP contribution in [0.5, 0.6) is 11.5 Å². The van der Waals surface area contributed by atoms with Gasteiger partial charge < -0.3 is 15.3 Å². The predicted octanol–water partition coefficient (Wildman–Crippen LogP) is 2.34. The van der Waals surface area contributed by atoms with Gasteiger partial charge in [0, 0.05) is 30.3 Å². The number of carboxylic acids is 1. The van der Waals surface area contributed by atoms with Gasteiger partial charge in [-0.3, -0.25) is 9.69 Å². The molecule has 0 fully saturated rings. The summed E-state index contributed by atoms with van der Waals surface area (Å²) >= 11 is 0. The lowest BCUT2D eigenvalue weighted by molar-refractivity contribution is -0.137. The Morgan fingerprint density at radius 2 is 1.89 bits per heavy atom. The zero-order valence-corrected chi connectivity index (χ0v) is 11.5. The van der Waals surface area contributed by atoms with Gasteiger partial charge in [0.25, 0.3) is 0 Å². The van der Waals surface area contributed by atoms with E-state index >= 15 is 0 Å². The molecule has 1 atom stereocenters. The van der Waals surface area contributed by atoms with Crippen molar-refractivity contribution in [2.45, 2.75) is 39.3 Å². The standard InChI is InChI=1S/C14H21NO4/c1-9(2)15(7-6-14(18)19)10(3)12-5-4-11(16)8-13(12)17/h4-5,8-10,16-17H,6-7H2,1-3H3,(H,18,19). The Kier molecular flexibility index (Phi) is 5.18. The number of nitrogens with zero attached hydrogens (tertiary/aromatic N) is 1. The van der Waals surface area contributed by atoms with Crippen molar-refractivity contribution >= 4 is 5.97 Å². The molecule has 0 bridgehead atoms. The van der Waals surface area contributed by atoms with Gasteiger partial charge in [0.05, 0.1) is 6.42 Å². The topological polar surface area (TPSA) is 81.0 Å². The fourth-order valence-corrected chi connectivity index (χ4v) is 2.19. The molecule has 3 N–H and O–H groups in total. The van der Waals surface area contributed by atoms with E-state index in [1.54, 1.807) is 6.07 Å². The van der Waals surface area contributed by atoms with Gasteiger partial charge in [0.1, 0.15) is 11.5 Å². The van der Waals surface area contributed by atoms with E-state index in [4.69, 9.17) is 5.11 Å². The normalized spacial score (nSPS) is 12.9. The van der Waals surface area contributed by atoms with Crippen LogP contribution in [0.4, 0.5) is 0 Å². The third-order valence-electron chi connectivity index (χ3n) is 3.21. The quantitative estimate of drug-likeness (QED) is 0.737. The van der Waals surface area contributed by atoms with Crippen molar-refractivity contribution < 1.29 is 20.1 Å². The Labute approximate surface area is 113 Å². The lowest BCUT2D eigenvalue weighted by Gasteiger charge is -2.32. The lowest BCUT2D eigenvalue weighted by Crippen LogP contribution is -2.35. The van der Waals surface area contributed by atoms with Gasteiger partial charge in [-0.25, -0.2) is 0 Å². The Hall–Kier alpha value is -1.75. The van der Waals surface area contributed by atoms with Gasteiger partial charge in [-0.1, -0.05) is 6.07 Å². The zero-order valence-electron chi connectivity index (χ0n) is 11.5. The smallest absolute Gasteiger partial charge is 0.304 e. The number of phenolic OH excluding ortho intramolecular Hbond substituents is 2. The van der Waals surface area contributed by atoms with Gasteiger partial charge in [-0.2, -0.15) is 0 Å². The number of benzene rings is 1. The van der Waals surface area contributed by atoms with Gasteiger partial charge in [0.15, 0.2) is 0 Å². The molecule has 1 unspecified atom stereocenters. The maximum atomic E-state index is 10.7. The predicted molar refractivity (Wildman–Crippen MR) is 72.3 cm³/mol. The molecular weight excluding hydrogens is 246 g/mol. The summed E-state index contributed by atoms with van der Waals surface area (Å²) in [6, 6.07) is 4.50. The van der Waals surface area contributed by atoms with Crippen LogP contribution in [-0.4, -0.2) is 38.8 Å². The van der Waals surface area contributed by atoms with E-state index < -0.39 is 5.97 Å². The first-order valence-electron chi connectivity index (χ1n) is 6.32. The molecule has 1 rings (SSSR count). The van der Waals surface area contributed by atoms with E-state index in [-0.39, 0.29) is 30.0 Å². The minimum Gasteiger partial charge on any atom is -0.508 e. The van der Waals surface area contributed by atoms with Crippen LogP contribution in [0.3, 0.4) is 0 Å². The van der Waals surface area contributed by atoms with Gasteiger partial charge in [-0.15, -0.1) is 0 Å². The fourth-order valence-electron chi connectivity index (χ4n) is 2.19. The van der Waals surface area contributed by atoms with Crippen LogP contribution in [0.25, 0.3) is 0 Å². The van der Waals surface area contributed by atoms with Crippen LogP contribution in [-0.2, 0) is 4.79 Å². The van der Waals surface area contributed by atoms with Gasteiger partial charge in [-0.05, 0) is 26.8 Å². The molecule has 106 valence electrons. The van der Waals surface area contributed by atoms with Crippen molar-refractivity contribution in [1.29, 1.82) is 0 Å². The summed E-state index contributed by atoms with van der Waals surface area (Å²) in [4.78, 5) is 12.7. The second-order valence-corrected chi connectivity index (χ2v) is 4.89. The molecule has 5 heteroatoms. The third kappa shape index (κ3) is 4.13. The van der Waals surface area contributed by atoms with E-state index in [9.17, 15) is 15.0 Å². The van der Waals surface area contributed by atoms with Crippen molar-refractivity contribution in [3.63, 3.8) is 0 Å². The van der Waals surface area contributed by atoms with Crippen LogP contribution in [0.2, 0.25) is 0 Å². The first kappa shape index (κ1) is 15.3. The number of aliphatic carboxylic acids is 1. The van der Waals surface area contributed by atoms with Crippen LogP contribution in [0, 0.1) is 0 Å². The molecule has 0 aliphatic carbocycles. The molecule has 19 heavy (non-hydrogen) atoms. The molecule has 0 saturated carbocycles. The third-order valence-corrected chi connectivity index (χ3v) is 3.21. The lowest BCUT2D eigenvalue weighted by atomic mass is 10.0. The van der Waals surface area contributed by atoms with Crippen LogP contribution < -0.4 is 0 Å². The Balaban J connectivity index is 2.92. The monoisotopic (exact) mass is 267 g/mol. The maximum absolute atomic E-state index is 10.7. The number of hydrogen-bond acceptors (Lipinski definition) is 4. The van der Waals surface area contributed by atoms with Crippen molar-refractivity contribution in [3.8, 4) is 11.5 Å². The highest BCUT2D eigenvalue weighted by atomic mass is 16.4. The van der Waals surface area contributed by atoms with Crippen molar-refractivity contribution in [2.24, 2.45) is 0 Å². The van der Waals surface area contributed by atoms with E-state index in [0.717, 1.165) is 0 Å². The Morgan fingerprint density at radius 3 is 2.37 bits per heavy atom. The summed E-state index contributed by atoms with van der Waals surface area (Å²) in [6.45, 7) is 6.29. The second kappa shape index (κ2) is 6.43. The highest BCUT2D eigenvalue weighted by molar-refractivity contribution is 5.66. The van der Waals surface area contributed by atoms with Crippen molar-refractivity contribution in [1.82, 2.24) is 4.90 Å². The molecule has 1 aromatic carbocycles. The molecule has 0 amide bonds. The molecule has 0 radical (unpaired) electrons. The number of rotatable bonds is 6. The zero-order chi connectivity index (χ0) is 14.6. The van der Waals surface area contributed by atoms with E-state index in [1.807, 2.05) is 25.7 Å². The number of carbonyl (C=O) groups is 1. The summed E-state index contributed by atoms with van der Waals surface area (Å²) in [7, 11) is 0. The summed E-state index contributed by atoms with van der Waals surface area (Å²) in [5.74, 6) is -0.809. The minimum absolute atomic E-state index is 0.00934. The number of carboxylic acid groups (broad SMARTS) is 1. The summed E-state index contributed by atoms with van der Waals surface area (Å²) in [5, 5.41) is 27.9. The largest absolute Gasteiger partial charge is 0.508 e. The number of hydrogen-bond donors (Lipinski definition) is 3. The van der Waals surface area contributed by atoms with Gasteiger partial charge >= 0.3 is 5.97 Å². The highest BCUT2D eigenvalue weighted by Gasteiger charge is 2.21. The molecule has 0 saturated heterocycles. The van der Waals surface area contributed by atoms with Crippen molar-refractivity contribution in [3.05, 3.63) is 23.8 Å². The SMILES string of the molecule is CC(C)N(CCC(=O)O)C(C)c1ccc(O)cc1O. The summed E-state index contributed by atoms with van der Waals surface area (Å²) < 4.78 is 0. The average molecular weight is 267 g/mol. The number of phenols is 2. The van der Waals surface area contributed by atoms with Crippen molar-refractivity contribution in [2.75, 3.05) is 6.54 Å². The van der Waals surface area contributed by atoms with Crippen LogP contribution >= 0.6 is 0 Å². The fraction of sp³-hybridized carbons (Fsp3) is 0.500. The first-order valence-corrected chi connectivity index (χ1v) is 6.32. The van der Waals surface area contributed by atoms with Gasteiger partial charge in [0.2, 0.25) is 0 Å². The molecule has 0 aromatic heterocycles. The Morgan fingerprint density at radius 1 is 1.26 bits per heavy atom. The molecule has 0 aliphatic heterocycles. The molecule has 0 spiro atoms. The Bertz CT molecular complexity index is 445. The molecule has 1 aromatic rings. The van der Waals surface area contributed by atoms with E-state index in [2.05, 4.69) is 0 Å². The molecule has 5 nitrogen and oxygen atoms in total. The average Bonchev–Trinajstić information content (AvgIpc) is 2.27. The summed E-state index contributed by atoms with van der Waals surface area (Å²) in [6.07, 6.45) is 0.0569.